The van der Waals surface area contributed by atoms with Crippen molar-refractivity contribution >= 4 is 23.6 Å². The molecule has 2 unspecified atom stereocenters. The number of carbonyl (C=O) groups excluding carboxylic acids is 4. The molecule has 1 spiro atoms. The van der Waals surface area contributed by atoms with Crippen LogP contribution >= 0.6 is 0 Å². The minimum Gasteiger partial charge on any atom is -0.365 e. The molecule has 9 nitrogen and oxygen atoms in total. The van der Waals surface area contributed by atoms with Gasteiger partial charge in [-0.2, -0.15) is 0 Å². The van der Waals surface area contributed by atoms with E-state index in [2.05, 4.69) is 35.1 Å². The maximum Gasteiger partial charge on any atom is 0.242 e. The van der Waals surface area contributed by atoms with E-state index in [4.69, 9.17) is 4.74 Å². The van der Waals surface area contributed by atoms with E-state index in [9.17, 15) is 19.2 Å². The summed E-state index contributed by atoms with van der Waals surface area (Å²) in [6.45, 7) is 8.11. The summed E-state index contributed by atoms with van der Waals surface area (Å²) in [5.74, 6) is -2.31. The van der Waals surface area contributed by atoms with Gasteiger partial charge in [0.05, 0.1) is 18.2 Å². The lowest BCUT2D eigenvalue weighted by molar-refractivity contribution is -0.150. The van der Waals surface area contributed by atoms with Gasteiger partial charge in [0.1, 0.15) is 11.5 Å². The maximum absolute atomic E-state index is 14.3. The van der Waals surface area contributed by atoms with E-state index in [1.807, 2.05) is 68.5 Å². The maximum atomic E-state index is 14.3. The fourth-order valence-electron chi connectivity index (χ4n) is 7.32. The number of fused-ring (bicyclic) bond motifs is 2. The fraction of sp³-hybridized carbons (Fsp3) is 0.562. The summed E-state index contributed by atoms with van der Waals surface area (Å²) < 4.78 is 6.31. The van der Waals surface area contributed by atoms with E-state index in [0.29, 0.717) is 25.8 Å². The molecule has 0 bridgehead atoms. The van der Waals surface area contributed by atoms with E-state index in [1.165, 1.54) is 0 Å². The van der Waals surface area contributed by atoms with E-state index >= 15 is 0 Å². The van der Waals surface area contributed by atoms with Crippen LogP contribution in [0.3, 0.4) is 0 Å². The van der Waals surface area contributed by atoms with Crippen LogP contribution in [0.2, 0.25) is 0 Å². The normalized spacial score (nSPS) is 38.9. The van der Waals surface area contributed by atoms with E-state index in [0.717, 1.165) is 5.56 Å². The third-order valence-electron chi connectivity index (χ3n) is 9.45. The van der Waals surface area contributed by atoms with Crippen molar-refractivity contribution in [1.29, 1.82) is 0 Å². The lowest BCUT2D eigenvalue weighted by atomic mass is 9.52. The largest absolute Gasteiger partial charge is 0.365 e. The summed E-state index contributed by atoms with van der Waals surface area (Å²) in [5, 5.41) is 11.6. The molecule has 5 rings (SSSR count). The zero-order valence-electron chi connectivity index (χ0n) is 24.3. The molecule has 3 fully saturated rings. The van der Waals surface area contributed by atoms with Crippen LogP contribution in [0.4, 0.5) is 0 Å². The highest BCUT2D eigenvalue weighted by Crippen LogP contribution is 2.65. The molecule has 9 heteroatoms. The molecule has 1 aromatic carbocycles. The van der Waals surface area contributed by atoms with Crippen molar-refractivity contribution in [2.45, 2.75) is 70.7 Å². The number of benzene rings is 1. The monoisotopic (exact) mass is 562 g/mol. The number of carbonyl (C=O) groups is 4. The summed E-state index contributed by atoms with van der Waals surface area (Å²) in [7, 11) is 0. The molecule has 8 atom stereocenters. The SMILES string of the molecule is CC(C)C[C@@H]1NC(=O)CNC(=O)[C@@]23C(=O)N[C@@H](Cc4ccccc4)C2[C@H](C)[C@@]2(C)O[C@H]2C3/C=C/C/C=C\CNC1=O. The van der Waals surface area contributed by atoms with Crippen LogP contribution in [0, 0.1) is 29.1 Å². The lowest BCUT2D eigenvalue weighted by Gasteiger charge is -2.45. The van der Waals surface area contributed by atoms with Gasteiger partial charge in [0.25, 0.3) is 0 Å². The summed E-state index contributed by atoms with van der Waals surface area (Å²) in [4.78, 5) is 54.2. The molecule has 1 aromatic rings. The highest BCUT2D eigenvalue weighted by Gasteiger charge is 2.78. The summed E-state index contributed by atoms with van der Waals surface area (Å²) in [6.07, 6.45) is 9.06. The van der Waals surface area contributed by atoms with E-state index in [-0.39, 0.29) is 48.3 Å². The van der Waals surface area contributed by atoms with Crippen molar-refractivity contribution in [1.82, 2.24) is 21.3 Å². The minimum atomic E-state index is -1.44. The lowest BCUT2D eigenvalue weighted by Crippen LogP contribution is -2.62. The van der Waals surface area contributed by atoms with Crippen molar-refractivity contribution < 1.29 is 23.9 Å². The number of hydrogen-bond donors (Lipinski definition) is 4. The number of hydrogen-bond acceptors (Lipinski definition) is 5. The first-order valence-electron chi connectivity index (χ1n) is 14.8. The van der Waals surface area contributed by atoms with Crippen molar-refractivity contribution in [3.8, 4) is 0 Å². The Kier molecular flexibility index (Phi) is 8.10. The van der Waals surface area contributed by atoms with Crippen molar-refractivity contribution in [2.75, 3.05) is 13.1 Å². The second kappa shape index (κ2) is 11.4. The topological polar surface area (TPSA) is 129 Å². The Bertz CT molecular complexity index is 1250. The highest BCUT2D eigenvalue weighted by molar-refractivity contribution is 6.09. The first kappa shape index (κ1) is 29.0. The number of epoxide rings is 1. The molecule has 220 valence electrons. The molecule has 3 heterocycles. The van der Waals surface area contributed by atoms with Gasteiger partial charge >= 0.3 is 0 Å². The van der Waals surface area contributed by atoms with E-state index in [1.54, 1.807) is 0 Å². The molecule has 2 saturated heterocycles. The standard InChI is InChI=1S/C32H42N4O5/c1-19(2)16-24-28(38)33-15-11-6-5-10-14-22-27-31(4,41-27)20(3)26-23(17-21-12-8-7-9-13-21)36-30(40)32(22,26)29(39)34-18-25(37)35-24/h6-14,19-20,22-24,26-27H,5,15-18H2,1-4H3,(H,33,38)(H,34,39)(H,35,37)(H,36,40)/b11-6-,14-10+/t20-,22?,23-,24-,26?,27-,31+,32-/m0/s1. The molecule has 1 saturated carbocycles. The van der Waals surface area contributed by atoms with E-state index < -0.39 is 34.8 Å². The van der Waals surface area contributed by atoms with Crippen LogP contribution in [-0.2, 0) is 30.3 Å². The molecular formula is C32H42N4O5. The molecule has 0 radical (unpaired) electrons. The third kappa shape index (κ3) is 5.32. The fourth-order valence-corrected chi connectivity index (χ4v) is 7.32. The number of nitrogens with one attached hydrogen (secondary N) is 4. The van der Waals surface area contributed by atoms with Crippen molar-refractivity contribution in [3.63, 3.8) is 0 Å². The molecule has 3 aliphatic heterocycles. The van der Waals surface area contributed by atoms with Crippen LogP contribution in [0.25, 0.3) is 0 Å². The predicted octanol–water partition coefficient (Wildman–Crippen LogP) is 2.03. The van der Waals surface area contributed by atoms with Gasteiger partial charge in [-0.15, -0.1) is 0 Å². The first-order valence-corrected chi connectivity index (χ1v) is 14.8. The van der Waals surface area contributed by atoms with Gasteiger partial charge in [0, 0.05) is 24.4 Å². The molecule has 41 heavy (non-hydrogen) atoms. The highest BCUT2D eigenvalue weighted by atomic mass is 16.6. The number of rotatable bonds is 4. The molecular weight excluding hydrogens is 520 g/mol. The van der Waals surface area contributed by atoms with Crippen LogP contribution in [0.1, 0.15) is 46.1 Å². The third-order valence-corrected chi connectivity index (χ3v) is 9.45. The number of ether oxygens (including phenoxy) is 1. The molecule has 4 N–H and O–H groups in total. The van der Waals surface area contributed by atoms with Gasteiger partial charge in [-0.05, 0) is 43.6 Å². The van der Waals surface area contributed by atoms with Gasteiger partial charge in [-0.25, -0.2) is 0 Å². The Morgan fingerprint density at radius 3 is 2.46 bits per heavy atom. The summed E-state index contributed by atoms with van der Waals surface area (Å²) in [5.41, 5.74) is -0.815. The Morgan fingerprint density at radius 2 is 1.73 bits per heavy atom. The quantitative estimate of drug-likeness (QED) is 0.254. The summed E-state index contributed by atoms with van der Waals surface area (Å²) in [6, 6.07) is 8.95. The smallest absolute Gasteiger partial charge is 0.242 e. The van der Waals surface area contributed by atoms with Crippen molar-refractivity contribution in [2.24, 2.45) is 29.1 Å². The van der Waals surface area contributed by atoms with Crippen LogP contribution in [-0.4, -0.2) is 60.5 Å². The Balaban J connectivity index is 1.51. The molecule has 4 amide bonds. The number of amides is 4. The van der Waals surface area contributed by atoms with Crippen LogP contribution < -0.4 is 21.3 Å². The van der Waals surface area contributed by atoms with Gasteiger partial charge in [-0.1, -0.05) is 75.4 Å². The Hall–Kier alpha value is -3.46. The zero-order valence-corrected chi connectivity index (χ0v) is 24.3. The van der Waals surface area contributed by atoms with Crippen LogP contribution in [0.5, 0.6) is 0 Å². The van der Waals surface area contributed by atoms with Gasteiger partial charge < -0.3 is 26.0 Å². The van der Waals surface area contributed by atoms with Gasteiger partial charge in [-0.3, -0.25) is 19.2 Å². The minimum absolute atomic E-state index is 0.0889. The second-order valence-electron chi connectivity index (χ2n) is 12.5. The first-order chi connectivity index (χ1) is 19.6. The Morgan fingerprint density at radius 1 is 0.976 bits per heavy atom. The Labute approximate surface area is 241 Å². The van der Waals surface area contributed by atoms with Crippen LogP contribution in [0.15, 0.2) is 54.6 Å². The van der Waals surface area contributed by atoms with Gasteiger partial charge in [0.2, 0.25) is 23.6 Å². The zero-order chi connectivity index (χ0) is 29.4. The van der Waals surface area contributed by atoms with Crippen molar-refractivity contribution in [3.05, 3.63) is 60.2 Å². The number of allylic oxidation sites excluding steroid dienone is 2. The second-order valence-corrected chi connectivity index (χ2v) is 12.5. The average Bonchev–Trinajstić information content (AvgIpc) is 3.55. The summed E-state index contributed by atoms with van der Waals surface area (Å²) >= 11 is 0. The average molecular weight is 563 g/mol. The predicted molar refractivity (Wildman–Crippen MR) is 154 cm³/mol. The molecule has 4 aliphatic rings. The van der Waals surface area contributed by atoms with Gasteiger partial charge in [0.15, 0.2) is 0 Å². The molecule has 1 aliphatic carbocycles. The molecule has 0 aromatic heterocycles.